The zero-order valence-corrected chi connectivity index (χ0v) is 20.1. The quantitative estimate of drug-likeness (QED) is 0.231. The van der Waals surface area contributed by atoms with Crippen LogP contribution in [0.4, 0.5) is 0 Å². The van der Waals surface area contributed by atoms with E-state index in [1.165, 1.54) is 0 Å². The molecule has 1 unspecified atom stereocenters. The van der Waals surface area contributed by atoms with Crippen molar-refractivity contribution in [3.63, 3.8) is 0 Å². The summed E-state index contributed by atoms with van der Waals surface area (Å²) in [6, 6.07) is 9.26. The van der Waals surface area contributed by atoms with Crippen molar-refractivity contribution in [1.29, 1.82) is 0 Å². The Morgan fingerprint density at radius 2 is 1.81 bits per heavy atom. The average Bonchev–Trinajstić information content (AvgIpc) is 2.56. The summed E-state index contributed by atoms with van der Waals surface area (Å²) >= 11 is 0. The Labute approximate surface area is 181 Å². The minimum absolute atomic E-state index is 0. The zero-order chi connectivity index (χ0) is 19.6. The molecule has 1 atom stereocenters. The van der Waals surface area contributed by atoms with E-state index in [2.05, 4.69) is 36.4 Å². The Hall–Kier alpha value is -0.870. The van der Waals surface area contributed by atoms with E-state index in [-0.39, 0.29) is 47.0 Å². The fourth-order valence-corrected chi connectivity index (χ4v) is 3.98. The number of sulfone groups is 1. The molecule has 0 aromatic heterocycles. The van der Waals surface area contributed by atoms with Crippen molar-refractivity contribution in [2.75, 3.05) is 33.0 Å². The number of benzene rings is 1. The van der Waals surface area contributed by atoms with Gasteiger partial charge < -0.3 is 15.4 Å². The molecule has 0 heterocycles. The van der Waals surface area contributed by atoms with Crippen LogP contribution < -0.4 is 10.6 Å². The minimum atomic E-state index is -3.11. The predicted octanol–water partition coefficient (Wildman–Crippen LogP) is 2.84. The molecule has 0 aliphatic rings. The van der Waals surface area contributed by atoms with Crippen molar-refractivity contribution >= 4 is 39.8 Å². The van der Waals surface area contributed by atoms with E-state index in [4.69, 9.17) is 4.74 Å². The molecule has 2 N–H and O–H groups in total. The molecular weight excluding hydrogens is 477 g/mol. The van der Waals surface area contributed by atoms with Crippen LogP contribution in [0.5, 0.6) is 0 Å². The van der Waals surface area contributed by atoms with Gasteiger partial charge in [0.1, 0.15) is 0 Å². The van der Waals surface area contributed by atoms with E-state index in [9.17, 15) is 8.42 Å². The Morgan fingerprint density at radius 1 is 1.19 bits per heavy atom. The Morgan fingerprint density at radius 3 is 2.33 bits per heavy atom. The molecule has 156 valence electrons. The van der Waals surface area contributed by atoms with Crippen LogP contribution in [0.15, 0.2) is 35.3 Å². The van der Waals surface area contributed by atoms with Gasteiger partial charge >= 0.3 is 0 Å². The first-order chi connectivity index (χ1) is 12.2. The van der Waals surface area contributed by atoms with Gasteiger partial charge in [-0.2, -0.15) is 0 Å². The third-order valence-corrected chi connectivity index (χ3v) is 5.77. The smallest absolute Gasteiger partial charge is 0.191 e. The lowest BCUT2D eigenvalue weighted by molar-refractivity contribution is 0.0205. The van der Waals surface area contributed by atoms with Gasteiger partial charge in [0.2, 0.25) is 0 Å². The number of nitrogens with zero attached hydrogens (tertiary/aromatic N) is 1. The summed E-state index contributed by atoms with van der Waals surface area (Å²) in [4.78, 5) is 4.17. The molecule has 0 spiro atoms. The van der Waals surface area contributed by atoms with Crippen LogP contribution >= 0.6 is 24.0 Å². The van der Waals surface area contributed by atoms with E-state index in [1.807, 2.05) is 30.3 Å². The molecule has 0 bridgehead atoms. The Kier molecular flexibility index (Phi) is 12.2. The van der Waals surface area contributed by atoms with Gasteiger partial charge in [0.25, 0.3) is 0 Å². The summed E-state index contributed by atoms with van der Waals surface area (Å²) in [5.41, 5.74) is 0.845. The molecule has 1 rings (SSSR count). The number of aliphatic imine (C=N–C) groups is 1. The molecule has 0 fully saturated rings. The predicted molar refractivity (Wildman–Crippen MR) is 124 cm³/mol. The van der Waals surface area contributed by atoms with Gasteiger partial charge in [0.05, 0.1) is 17.6 Å². The lowest BCUT2D eigenvalue weighted by Crippen LogP contribution is -2.45. The van der Waals surface area contributed by atoms with Crippen molar-refractivity contribution in [3.05, 3.63) is 35.9 Å². The maximum atomic E-state index is 12.2. The lowest BCUT2D eigenvalue weighted by Gasteiger charge is -2.30. The fraction of sp³-hybridized carbons (Fsp3) is 0.632. The van der Waals surface area contributed by atoms with Gasteiger partial charge in [-0.15, -0.1) is 24.0 Å². The number of guanidine groups is 1. The minimum Gasteiger partial charge on any atom is -0.379 e. The SMILES string of the molecule is CN=C(NCCCS(=O)(=O)Cc1ccccc1)NCC(OC)C(C)(C)C.I. The maximum Gasteiger partial charge on any atom is 0.191 e. The molecule has 0 amide bonds. The van der Waals surface area contributed by atoms with Gasteiger partial charge in [-0.1, -0.05) is 51.1 Å². The van der Waals surface area contributed by atoms with E-state index < -0.39 is 9.84 Å². The largest absolute Gasteiger partial charge is 0.379 e. The summed E-state index contributed by atoms with van der Waals surface area (Å²) < 4.78 is 29.9. The number of rotatable bonds is 9. The molecule has 27 heavy (non-hydrogen) atoms. The molecule has 0 saturated heterocycles. The third kappa shape index (κ3) is 10.9. The monoisotopic (exact) mass is 511 g/mol. The van der Waals surface area contributed by atoms with Gasteiger partial charge in [-0.25, -0.2) is 8.42 Å². The van der Waals surface area contributed by atoms with E-state index >= 15 is 0 Å². The van der Waals surface area contributed by atoms with Crippen molar-refractivity contribution < 1.29 is 13.2 Å². The number of ether oxygens (including phenoxy) is 1. The first-order valence-corrected chi connectivity index (χ1v) is 10.7. The van der Waals surface area contributed by atoms with Crippen LogP contribution in [-0.4, -0.2) is 53.5 Å². The van der Waals surface area contributed by atoms with E-state index in [1.54, 1.807) is 14.2 Å². The van der Waals surface area contributed by atoms with Crippen molar-refractivity contribution in [1.82, 2.24) is 10.6 Å². The van der Waals surface area contributed by atoms with Crippen LogP contribution in [0.25, 0.3) is 0 Å². The van der Waals surface area contributed by atoms with Crippen LogP contribution in [0, 0.1) is 5.41 Å². The van der Waals surface area contributed by atoms with Crippen LogP contribution in [0.3, 0.4) is 0 Å². The number of hydrogen-bond acceptors (Lipinski definition) is 4. The Bertz CT molecular complexity index is 659. The van der Waals surface area contributed by atoms with Gasteiger partial charge in [-0.05, 0) is 17.4 Å². The van der Waals surface area contributed by atoms with Crippen LogP contribution in [0.2, 0.25) is 0 Å². The molecule has 0 saturated carbocycles. The number of nitrogens with one attached hydrogen (secondary N) is 2. The van der Waals surface area contributed by atoms with Crippen molar-refractivity contribution in [2.45, 2.75) is 39.0 Å². The standard InChI is InChI=1S/C19H33N3O3S.HI/c1-19(2,3)17(25-5)14-22-18(20-4)21-12-9-13-26(23,24)15-16-10-7-6-8-11-16;/h6-8,10-11,17H,9,12-15H2,1-5H3,(H2,20,21,22);1H. The van der Waals surface area contributed by atoms with Crippen LogP contribution in [-0.2, 0) is 20.3 Å². The average molecular weight is 511 g/mol. The Balaban J connectivity index is 0.00000676. The zero-order valence-electron chi connectivity index (χ0n) is 17.0. The second-order valence-corrected chi connectivity index (χ2v) is 9.59. The molecular formula is C19H34IN3O3S. The highest BCUT2D eigenvalue weighted by molar-refractivity contribution is 14.0. The lowest BCUT2D eigenvalue weighted by atomic mass is 9.89. The topological polar surface area (TPSA) is 79.8 Å². The highest BCUT2D eigenvalue weighted by atomic mass is 127. The normalized spacial score (nSPS) is 13.6. The van der Waals surface area contributed by atoms with Crippen molar-refractivity contribution in [3.8, 4) is 0 Å². The van der Waals surface area contributed by atoms with Crippen molar-refractivity contribution in [2.24, 2.45) is 10.4 Å². The van der Waals surface area contributed by atoms with Gasteiger partial charge in [0.15, 0.2) is 15.8 Å². The molecule has 0 radical (unpaired) electrons. The maximum absolute atomic E-state index is 12.2. The number of halogens is 1. The molecule has 0 aliphatic heterocycles. The molecule has 1 aromatic rings. The highest BCUT2D eigenvalue weighted by Crippen LogP contribution is 2.20. The van der Waals surface area contributed by atoms with E-state index in [0.717, 1.165) is 5.56 Å². The van der Waals surface area contributed by atoms with Gasteiger partial charge in [-0.3, -0.25) is 4.99 Å². The highest BCUT2D eigenvalue weighted by Gasteiger charge is 2.24. The molecule has 6 nitrogen and oxygen atoms in total. The van der Waals surface area contributed by atoms with Gasteiger partial charge in [0, 0.05) is 27.2 Å². The first-order valence-electron chi connectivity index (χ1n) is 8.89. The summed E-state index contributed by atoms with van der Waals surface area (Å²) in [7, 11) is 0.286. The summed E-state index contributed by atoms with van der Waals surface area (Å²) in [6.45, 7) is 7.54. The number of hydrogen-bond donors (Lipinski definition) is 2. The summed E-state index contributed by atoms with van der Waals surface area (Å²) in [5, 5.41) is 6.38. The second-order valence-electron chi connectivity index (χ2n) is 7.40. The molecule has 0 aliphatic carbocycles. The van der Waals surface area contributed by atoms with Crippen LogP contribution in [0.1, 0.15) is 32.8 Å². The summed E-state index contributed by atoms with van der Waals surface area (Å²) in [6.07, 6.45) is 0.579. The molecule has 1 aromatic carbocycles. The molecule has 8 heteroatoms. The summed E-state index contributed by atoms with van der Waals surface area (Å²) in [5.74, 6) is 0.882. The third-order valence-electron chi connectivity index (χ3n) is 4.08. The first kappa shape index (κ1) is 26.1. The fourth-order valence-electron chi connectivity index (χ4n) is 2.55. The number of methoxy groups -OCH3 is 1. The second kappa shape index (κ2) is 12.6. The van der Waals surface area contributed by atoms with E-state index in [0.29, 0.717) is 25.5 Å².